The summed E-state index contributed by atoms with van der Waals surface area (Å²) in [4.78, 5) is 5.43. The van der Waals surface area contributed by atoms with Gasteiger partial charge in [-0.15, -0.1) is 0 Å². The second-order valence-corrected chi connectivity index (χ2v) is 5.02. The molecule has 0 saturated carbocycles. The lowest BCUT2D eigenvalue weighted by atomic mass is 10.1. The molecule has 2 aromatic heterocycles. The highest BCUT2D eigenvalue weighted by atomic mass is 32.1. The third-order valence-electron chi connectivity index (χ3n) is 2.75. The van der Waals surface area contributed by atoms with Crippen LogP contribution in [0.1, 0.15) is 6.42 Å². The first kappa shape index (κ1) is 14.6. The molecule has 0 bridgehead atoms. The largest absolute Gasteiger partial charge is 0.390 e. The minimum Gasteiger partial charge on any atom is -0.382 e. The standard InChI is InChI=1S/C12H13F3N4S/c1-19(7-4-12(13,14)15)11-9(10(16)18-20-11)8-2-5-17-6-3-8/h2-3,5-6H,4,7H2,1H3,(H2,16,18). The Hall–Kier alpha value is -1.83. The number of hydrogen-bond acceptors (Lipinski definition) is 5. The molecule has 2 N–H and O–H groups in total. The van der Waals surface area contributed by atoms with E-state index in [1.807, 2.05) is 0 Å². The van der Waals surface area contributed by atoms with Crippen molar-refractivity contribution in [2.45, 2.75) is 12.6 Å². The van der Waals surface area contributed by atoms with Crippen LogP contribution >= 0.6 is 11.5 Å². The van der Waals surface area contributed by atoms with Gasteiger partial charge < -0.3 is 10.6 Å². The number of nitrogens with zero attached hydrogens (tertiary/aromatic N) is 3. The lowest BCUT2D eigenvalue weighted by Crippen LogP contribution is -2.23. The average molecular weight is 302 g/mol. The molecule has 0 aromatic carbocycles. The predicted octanol–water partition coefficient (Wildman–Crippen LogP) is 3.18. The first-order chi connectivity index (χ1) is 9.38. The molecule has 0 aliphatic rings. The summed E-state index contributed by atoms with van der Waals surface area (Å²) in [5.74, 6) is 0.315. The maximum Gasteiger partial charge on any atom is 0.390 e. The van der Waals surface area contributed by atoms with E-state index in [1.165, 1.54) is 4.90 Å². The van der Waals surface area contributed by atoms with Crippen molar-refractivity contribution in [3.8, 4) is 11.1 Å². The number of hydrogen-bond donors (Lipinski definition) is 1. The van der Waals surface area contributed by atoms with Gasteiger partial charge in [0.1, 0.15) is 10.8 Å². The summed E-state index contributed by atoms with van der Waals surface area (Å²) in [5, 5.41) is 0.623. The number of alkyl halides is 3. The summed E-state index contributed by atoms with van der Waals surface area (Å²) in [7, 11) is 1.60. The quantitative estimate of drug-likeness (QED) is 0.942. The molecular weight excluding hydrogens is 289 g/mol. The summed E-state index contributed by atoms with van der Waals surface area (Å²) in [6, 6.07) is 3.50. The van der Waals surface area contributed by atoms with E-state index in [1.54, 1.807) is 31.6 Å². The van der Waals surface area contributed by atoms with Crippen LogP contribution in [-0.2, 0) is 0 Å². The van der Waals surface area contributed by atoms with Gasteiger partial charge in [-0.05, 0) is 29.2 Å². The summed E-state index contributed by atoms with van der Waals surface area (Å²) in [5.41, 5.74) is 7.27. The highest BCUT2D eigenvalue weighted by Gasteiger charge is 2.28. The molecule has 0 radical (unpaired) electrons. The smallest absolute Gasteiger partial charge is 0.382 e. The van der Waals surface area contributed by atoms with E-state index in [4.69, 9.17) is 5.73 Å². The molecule has 0 atom stereocenters. The van der Waals surface area contributed by atoms with Crippen molar-refractivity contribution < 1.29 is 13.2 Å². The monoisotopic (exact) mass is 302 g/mol. The Kier molecular flexibility index (Phi) is 4.12. The highest BCUT2D eigenvalue weighted by molar-refractivity contribution is 7.11. The molecule has 2 aromatic rings. The lowest BCUT2D eigenvalue weighted by molar-refractivity contribution is -0.132. The van der Waals surface area contributed by atoms with Crippen LogP contribution < -0.4 is 10.6 Å². The molecule has 2 heterocycles. The van der Waals surface area contributed by atoms with Crippen LogP contribution in [0.5, 0.6) is 0 Å². The molecule has 108 valence electrons. The molecule has 0 fully saturated rings. The zero-order valence-electron chi connectivity index (χ0n) is 10.7. The summed E-state index contributed by atoms with van der Waals surface area (Å²) < 4.78 is 40.9. The van der Waals surface area contributed by atoms with Crippen LogP contribution in [0.15, 0.2) is 24.5 Å². The Bertz CT molecular complexity index is 568. The lowest BCUT2D eigenvalue weighted by Gasteiger charge is -2.19. The van der Waals surface area contributed by atoms with Gasteiger partial charge >= 0.3 is 6.18 Å². The maximum absolute atomic E-state index is 12.3. The van der Waals surface area contributed by atoms with Gasteiger partial charge in [-0.1, -0.05) is 0 Å². The third-order valence-corrected chi connectivity index (χ3v) is 3.72. The molecule has 0 unspecified atom stereocenters. The number of rotatable bonds is 4. The van der Waals surface area contributed by atoms with Gasteiger partial charge in [-0.2, -0.15) is 17.5 Å². The first-order valence-electron chi connectivity index (χ1n) is 5.82. The summed E-state index contributed by atoms with van der Waals surface area (Å²) >= 11 is 1.09. The molecule has 4 nitrogen and oxygen atoms in total. The minimum absolute atomic E-state index is 0.136. The third kappa shape index (κ3) is 3.38. The Labute approximate surface area is 118 Å². The molecular formula is C12H13F3N4S. The van der Waals surface area contributed by atoms with Gasteiger partial charge in [-0.3, -0.25) is 4.98 Å². The molecule has 0 saturated heterocycles. The van der Waals surface area contributed by atoms with E-state index in [0.717, 1.165) is 17.1 Å². The van der Waals surface area contributed by atoms with Gasteiger partial charge in [-0.25, -0.2) is 0 Å². The fraction of sp³-hybridized carbons (Fsp3) is 0.333. The number of nitrogens with two attached hydrogens (primary N) is 1. The van der Waals surface area contributed by atoms with Crippen molar-refractivity contribution in [3.63, 3.8) is 0 Å². The van der Waals surface area contributed by atoms with Gasteiger partial charge in [0.05, 0.1) is 12.0 Å². The molecule has 2 rings (SSSR count). The number of aromatic nitrogens is 2. The zero-order chi connectivity index (χ0) is 14.8. The van der Waals surface area contributed by atoms with Crippen LogP contribution in [-0.4, -0.2) is 29.1 Å². The molecule has 8 heteroatoms. The molecule has 0 aliphatic carbocycles. The van der Waals surface area contributed by atoms with Crippen molar-refractivity contribution in [2.24, 2.45) is 0 Å². The molecule has 0 amide bonds. The van der Waals surface area contributed by atoms with Crippen molar-refractivity contribution >= 4 is 22.4 Å². The van der Waals surface area contributed by atoms with Crippen LogP contribution in [0, 0.1) is 0 Å². The molecule has 20 heavy (non-hydrogen) atoms. The minimum atomic E-state index is -4.18. The second kappa shape index (κ2) is 5.66. The average Bonchev–Trinajstić information content (AvgIpc) is 2.78. The van der Waals surface area contributed by atoms with E-state index in [2.05, 4.69) is 9.36 Å². The Morgan fingerprint density at radius 2 is 1.95 bits per heavy atom. The van der Waals surface area contributed by atoms with Crippen LogP contribution in [0.3, 0.4) is 0 Å². The van der Waals surface area contributed by atoms with Gasteiger partial charge in [0, 0.05) is 26.0 Å². The Morgan fingerprint density at radius 1 is 1.30 bits per heavy atom. The SMILES string of the molecule is CN(CCC(F)(F)F)c1snc(N)c1-c1ccncc1. The number of anilines is 2. The molecule has 0 aliphatic heterocycles. The van der Waals surface area contributed by atoms with Crippen LogP contribution in [0.4, 0.5) is 24.0 Å². The fourth-order valence-electron chi connectivity index (χ4n) is 1.74. The predicted molar refractivity (Wildman–Crippen MR) is 73.7 cm³/mol. The van der Waals surface area contributed by atoms with E-state index in [9.17, 15) is 13.2 Å². The zero-order valence-corrected chi connectivity index (χ0v) is 11.5. The topological polar surface area (TPSA) is 55.0 Å². The summed E-state index contributed by atoms with van der Waals surface area (Å²) in [6.45, 7) is -0.136. The van der Waals surface area contributed by atoms with E-state index in [-0.39, 0.29) is 6.54 Å². The Balaban J connectivity index is 2.25. The van der Waals surface area contributed by atoms with Crippen molar-refractivity contribution in [1.29, 1.82) is 0 Å². The van der Waals surface area contributed by atoms with E-state index < -0.39 is 12.6 Å². The number of nitrogen functional groups attached to an aromatic ring is 1. The Morgan fingerprint density at radius 3 is 2.55 bits per heavy atom. The number of pyridine rings is 1. The number of halogens is 3. The van der Waals surface area contributed by atoms with Crippen molar-refractivity contribution in [1.82, 2.24) is 9.36 Å². The van der Waals surface area contributed by atoms with E-state index in [0.29, 0.717) is 16.4 Å². The van der Waals surface area contributed by atoms with Crippen LogP contribution in [0.2, 0.25) is 0 Å². The van der Waals surface area contributed by atoms with Gasteiger partial charge in [0.2, 0.25) is 0 Å². The molecule has 0 spiro atoms. The fourth-order valence-corrected chi connectivity index (χ4v) is 2.56. The van der Waals surface area contributed by atoms with Gasteiger partial charge in [0.25, 0.3) is 0 Å². The van der Waals surface area contributed by atoms with Gasteiger partial charge in [0.15, 0.2) is 0 Å². The highest BCUT2D eigenvalue weighted by Crippen LogP contribution is 2.38. The maximum atomic E-state index is 12.3. The summed E-state index contributed by atoms with van der Waals surface area (Å²) in [6.07, 6.45) is -1.85. The normalized spacial score (nSPS) is 11.6. The van der Waals surface area contributed by atoms with Crippen molar-refractivity contribution in [2.75, 3.05) is 24.2 Å². The van der Waals surface area contributed by atoms with E-state index >= 15 is 0 Å². The van der Waals surface area contributed by atoms with Crippen LogP contribution in [0.25, 0.3) is 11.1 Å². The first-order valence-corrected chi connectivity index (χ1v) is 6.59. The second-order valence-electron chi connectivity index (χ2n) is 4.27. The van der Waals surface area contributed by atoms with Crippen molar-refractivity contribution in [3.05, 3.63) is 24.5 Å².